The lowest BCUT2D eigenvalue weighted by Gasteiger charge is -2.35. The lowest BCUT2D eigenvalue weighted by molar-refractivity contribution is 0.0177. The molecular formula is C13H25N3O2. The second kappa shape index (κ2) is 5.59. The first-order valence-corrected chi connectivity index (χ1v) is 6.50. The zero-order valence-electron chi connectivity index (χ0n) is 11.8. The third-order valence-electron chi connectivity index (χ3n) is 3.32. The highest BCUT2D eigenvalue weighted by Gasteiger charge is 2.30. The van der Waals surface area contributed by atoms with Crippen molar-refractivity contribution in [3.8, 4) is 0 Å². The van der Waals surface area contributed by atoms with E-state index >= 15 is 0 Å². The van der Waals surface area contributed by atoms with E-state index in [0.717, 1.165) is 25.7 Å². The maximum Gasteiger partial charge on any atom is 0.410 e. The number of amidine groups is 1. The normalized spacial score (nSPS) is 24.4. The van der Waals surface area contributed by atoms with Crippen LogP contribution in [0.25, 0.3) is 0 Å². The molecule has 0 aromatic carbocycles. The van der Waals surface area contributed by atoms with Crippen LogP contribution in [-0.2, 0) is 4.74 Å². The summed E-state index contributed by atoms with van der Waals surface area (Å²) in [5.74, 6) is 0.339. The van der Waals surface area contributed by atoms with E-state index in [9.17, 15) is 4.79 Å². The van der Waals surface area contributed by atoms with Gasteiger partial charge in [-0.25, -0.2) is 4.79 Å². The molecule has 0 aliphatic heterocycles. The van der Waals surface area contributed by atoms with Crippen LogP contribution in [0.15, 0.2) is 0 Å². The number of carbonyl (C=O) groups excluding carboxylic acids is 1. The molecule has 1 aliphatic carbocycles. The Morgan fingerprint density at radius 2 is 2.00 bits per heavy atom. The number of nitrogens with zero attached hydrogens (tertiary/aromatic N) is 1. The maximum atomic E-state index is 12.0. The number of hydrogen-bond acceptors (Lipinski definition) is 3. The molecule has 1 aliphatic rings. The Labute approximate surface area is 109 Å². The standard InChI is InChI=1S/C13H25N3O2/c1-13(2,3)18-12(17)16(4)10-7-5-6-9(8-10)11(14)15/h9-10H,5-8H2,1-4H3,(H3,14,15). The Hall–Kier alpha value is -1.26. The number of ether oxygens (including phenoxy) is 1. The fourth-order valence-corrected chi connectivity index (χ4v) is 2.28. The van der Waals surface area contributed by atoms with Crippen molar-refractivity contribution in [2.45, 2.75) is 58.1 Å². The Morgan fingerprint density at radius 1 is 1.39 bits per heavy atom. The van der Waals surface area contributed by atoms with E-state index in [1.807, 2.05) is 20.8 Å². The van der Waals surface area contributed by atoms with Crippen molar-refractivity contribution in [3.05, 3.63) is 0 Å². The molecule has 5 nitrogen and oxygen atoms in total. The smallest absolute Gasteiger partial charge is 0.410 e. The van der Waals surface area contributed by atoms with Gasteiger partial charge in [0.05, 0.1) is 5.84 Å². The Morgan fingerprint density at radius 3 is 2.50 bits per heavy atom. The molecular weight excluding hydrogens is 230 g/mol. The first-order chi connectivity index (χ1) is 8.20. The fraction of sp³-hybridized carbons (Fsp3) is 0.846. The fourth-order valence-electron chi connectivity index (χ4n) is 2.28. The second-order valence-electron chi connectivity index (χ2n) is 6.06. The van der Waals surface area contributed by atoms with Crippen LogP contribution in [0.2, 0.25) is 0 Å². The summed E-state index contributed by atoms with van der Waals surface area (Å²) in [5.41, 5.74) is 5.08. The topological polar surface area (TPSA) is 79.4 Å². The average molecular weight is 255 g/mol. The van der Waals surface area contributed by atoms with E-state index in [2.05, 4.69) is 0 Å². The van der Waals surface area contributed by atoms with Gasteiger partial charge in [0.25, 0.3) is 0 Å². The molecule has 1 rings (SSSR count). The molecule has 18 heavy (non-hydrogen) atoms. The molecule has 2 atom stereocenters. The van der Waals surface area contributed by atoms with Crippen molar-refractivity contribution in [1.29, 1.82) is 5.41 Å². The summed E-state index contributed by atoms with van der Waals surface area (Å²) in [7, 11) is 1.77. The maximum absolute atomic E-state index is 12.0. The Balaban J connectivity index is 2.58. The highest BCUT2D eigenvalue weighted by Crippen LogP contribution is 2.27. The molecule has 0 heterocycles. The minimum absolute atomic E-state index is 0.105. The lowest BCUT2D eigenvalue weighted by Crippen LogP contribution is -2.44. The lowest BCUT2D eigenvalue weighted by atomic mass is 9.84. The molecule has 1 amide bonds. The van der Waals surface area contributed by atoms with Crippen molar-refractivity contribution in [3.63, 3.8) is 0 Å². The van der Waals surface area contributed by atoms with E-state index in [4.69, 9.17) is 15.9 Å². The molecule has 5 heteroatoms. The zero-order chi connectivity index (χ0) is 13.9. The first kappa shape index (κ1) is 14.8. The number of rotatable bonds is 2. The molecule has 104 valence electrons. The molecule has 0 saturated heterocycles. The Bertz CT molecular complexity index is 323. The highest BCUT2D eigenvalue weighted by molar-refractivity contribution is 5.79. The van der Waals surface area contributed by atoms with Crippen molar-refractivity contribution in [2.75, 3.05) is 7.05 Å². The minimum atomic E-state index is -0.472. The highest BCUT2D eigenvalue weighted by atomic mass is 16.6. The van der Waals surface area contributed by atoms with Crippen LogP contribution in [0.5, 0.6) is 0 Å². The van der Waals surface area contributed by atoms with Crippen molar-refractivity contribution in [2.24, 2.45) is 11.7 Å². The first-order valence-electron chi connectivity index (χ1n) is 6.50. The van der Waals surface area contributed by atoms with E-state index in [0.29, 0.717) is 0 Å². The summed E-state index contributed by atoms with van der Waals surface area (Å²) in [4.78, 5) is 13.6. The Kier molecular flexibility index (Phi) is 4.59. The van der Waals surface area contributed by atoms with E-state index in [1.165, 1.54) is 0 Å². The largest absolute Gasteiger partial charge is 0.444 e. The number of nitrogens with one attached hydrogen (secondary N) is 1. The van der Waals surface area contributed by atoms with Gasteiger partial charge in [-0.1, -0.05) is 6.42 Å². The summed E-state index contributed by atoms with van der Waals surface area (Å²) >= 11 is 0. The van der Waals surface area contributed by atoms with Crippen molar-refractivity contribution < 1.29 is 9.53 Å². The zero-order valence-corrected chi connectivity index (χ0v) is 11.8. The van der Waals surface area contributed by atoms with Gasteiger partial charge < -0.3 is 15.4 Å². The monoisotopic (exact) mass is 255 g/mol. The molecule has 0 radical (unpaired) electrons. The summed E-state index contributed by atoms with van der Waals surface area (Å²) in [6.07, 6.45) is 3.39. The van der Waals surface area contributed by atoms with Crippen LogP contribution < -0.4 is 5.73 Å². The van der Waals surface area contributed by atoms with Gasteiger partial charge in [0.2, 0.25) is 0 Å². The number of hydrogen-bond donors (Lipinski definition) is 2. The van der Waals surface area contributed by atoms with Crippen molar-refractivity contribution >= 4 is 11.9 Å². The van der Waals surface area contributed by atoms with Crippen LogP contribution >= 0.6 is 0 Å². The molecule has 0 spiro atoms. The summed E-state index contributed by atoms with van der Waals surface area (Å²) in [5, 5.41) is 7.51. The molecule has 1 saturated carbocycles. The van der Waals surface area contributed by atoms with Crippen LogP contribution in [0.4, 0.5) is 4.79 Å². The van der Waals surface area contributed by atoms with Gasteiger partial charge in [0, 0.05) is 19.0 Å². The van der Waals surface area contributed by atoms with Crippen molar-refractivity contribution in [1.82, 2.24) is 4.90 Å². The molecule has 0 aromatic heterocycles. The second-order valence-corrected chi connectivity index (χ2v) is 6.06. The van der Waals surface area contributed by atoms with E-state index < -0.39 is 5.60 Å². The number of amides is 1. The summed E-state index contributed by atoms with van der Waals surface area (Å²) < 4.78 is 5.35. The molecule has 0 bridgehead atoms. The van der Waals surface area contributed by atoms with Crippen LogP contribution in [0, 0.1) is 11.3 Å². The van der Waals surface area contributed by atoms with Crippen LogP contribution in [-0.4, -0.2) is 35.5 Å². The molecule has 3 N–H and O–H groups in total. The predicted octanol–water partition coefficient (Wildman–Crippen LogP) is 2.35. The molecule has 0 aromatic rings. The number of nitrogens with two attached hydrogens (primary N) is 1. The number of carbonyl (C=O) groups is 1. The summed E-state index contributed by atoms with van der Waals surface area (Å²) in [6.45, 7) is 5.58. The SMILES string of the molecule is CN(C(=O)OC(C)(C)C)C1CCCC(C(=N)N)C1. The quantitative estimate of drug-likeness (QED) is 0.587. The third kappa shape index (κ3) is 4.20. The van der Waals surface area contributed by atoms with Gasteiger partial charge in [-0.15, -0.1) is 0 Å². The van der Waals surface area contributed by atoms with Gasteiger partial charge in [-0.05, 0) is 40.0 Å². The van der Waals surface area contributed by atoms with Gasteiger partial charge in [0.15, 0.2) is 0 Å². The average Bonchev–Trinajstić information content (AvgIpc) is 2.26. The van der Waals surface area contributed by atoms with Gasteiger partial charge in [0.1, 0.15) is 5.60 Å². The molecule has 2 unspecified atom stereocenters. The molecule has 1 fully saturated rings. The third-order valence-corrected chi connectivity index (χ3v) is 3.32. The predicted molar refractivity (Wildman–Crippen MR) is 71.7 cm³/mol. The van der Waals surface area contributed by atoms with E-state index in [-0.39, 0.29) is 23.9 Å². The van der Waals surface area contributed by atoms with E-state index in [1.54, 1.807) is 11.9 Å². The minimum Gasteiger partial charge on any atom is -0.444 e. The van der Waals surface area contributed by atoms with Crippen LogP contribution in [0.3, 0.4) is 0 Å². The summed E-state index contributed by atoms with van der Waals surface area (Å²) in [6, 6.07) is 0.127. The van der Waals surface area contributed by atoms with Gasteiger partial charge >= 0.3 is 6.09 Å². The van der Waals surface area contributed by atoms with Gasteiger partial charge in [-0.2, -0.15) is 0 Å². The van der Waals surface area contributed by atoms with Gasteiger partial charge in [-0.3, -0.25) is 5.41 Å². The van der Waals surface area contributed by atoms with Crippen LogP contribution in [0.1, 0.15) is 46.5 Å².